The Hall–Kier alpha value is -2.71. The molecule has 0 atom stereocenters. The number of ether oxygens (including phenoxy) is 3. The molecule has 0 spiro atoms. The van der Waals surface area contributed by atoms with E-state index in [1.807, 2.05) is 6.92 Å². The van der Waals surface area contributed by atoms with Crippen LogP contribution in [0.5, 0.6) is 17.4 Å². The molecule has 0 radical (unpaired) electrons. The molecule has 0 N–H and O–H groups in total. The fraction of sp³-hybridized carbons (Fsp3) is 0.368. The van der Waals surface area contributed by atoms with E-state index in [0.29, 0.717) is 17.9 Å². The molecule has 3 heterocycles. The summed E-state index contributed by atoms with van der Waals surface area (Å²) in [6.07, 6.45) is 3.17. The van der Waals surface area contributed by atoms with Crippen LogP contribution < -0.4 is 9.47 Å². The highest BCUT2D eigenvalue weighted by atomic mass is 19.1. The highest BCUT2D eigenvalue weighted by molar-refractivity contribution is 5.67. The topological polar surface area (TPSA) is 61.1 Å². The summed E-state index contributed by atoms with van der Waals surface area (Å²) in [5.74, 6) is 0.673. The van der Waals surface area contributed by atoms with Crippen molar-refractivity contribution < 1.29 is 18.6 Å². The molecule has 1 aliphatic rings. The van der Waals surface area contributed by atoms with Gasteiger partial charge in [-0.15, -0.1) is 0 Å². The molecule has 0 unspecified atom stereocenters. The Morgan fingerprint density at radius 3 is 2.81 bits per heavy atom. The van der Waals surface area contributed by atoms with Crippen molar-refractivity contribution >= 4 is 5.52 Å². The van der Waals surface area contributed by atoms with Crippen LogP contribution in [0.3, 0.4) is 0 Å². The van der Waals surface area contributed by atoms with E-state index in [2.05, 4.69) is 15.0 Å². The molecular weight excluding hydrogens is 351 g/mol. The van der Waals surface area contributed by atoms with Gasteiger partial charge in [-0.1, -0.05) is 12.1 Å². The lowest BCUT2D eigenvalue weighted by Gasteiger charge is -2.26. The first-order valence-electron chi connectivity index (χ1n) is 8.90. The molecule has 142 valence electrons. The van der Waals surface area contributed by atoms with Crippen LogP contribution in [0, 0.1) is 12.7 Å². The van der Waals surface area contributed by atoms with Gasteiger partial charge in [0, 0.05) is 25.2 Å². The van der Waals surface area contributed by atoms with Crippen LogP contribution in [0.4, 0.5) is 4.39 Å². The summed E-state index contributed by atoms with van der Waals surface area (Å²) < 4.78 is 32.5. The summed E-state index contributed by atoms with van der Waals surface area (Å²) in [5, 5.41) is 4.21. The normalized spacial score (nSPS) is 15.2. The maximum absolute atomic E-state index is 13.9. The summed E-state index contributed by atoms with van der Waals surface area (Å²) >= 11 is 0. The number of hydrogen-bond donors (Lipinski definition) is 0. The minimum atomic E-state index is -0.444. The minimum Gasteiger partial charge on any atom is -0.490 e. The van der Waals surface area contributed by atoms with Gasteiger partial charge in [-0.25, -0.2) is 8.91 Å². The second-order valence-electron chi connectivity index (χ2n) is 6.31. The van der Waals surface area contributed by atoms with Crippen LogP contribution in [0.15, 0.2) is 36.8 Å². The molecule has 2 aromatic heterocycles. The van der Waals surface area contributed by atoms with Gasteiger partial charge in [-0.05, 0) is 19.1 Å². The number of hydrogen-bond acceptors (Lipinski definition) is 6. The summed E-state index contributed by atoms with van der Waals surface area (Å²) in [5.41, 5.74) is 1.51. The molecule has 3 aromatic rings. The van der Waals surface area contributed by atoms with Gasteiger partial charge in [0.05, 0.1) is 19.4 Å². The van der Waals surface area contributed by atoms with Gasteiger partial charge < -0.3 is 14.2 Å². The first-order valence-corrected chi connectivity index (χ1v) is 8.90. The van der Waals surface area contributed by atoms with Crippen molar-refractivity contribution in [2.45, 2.75) is 6.92 Å². The average molecular weight is 372 g/mol. The smallest absolute Gasteiger partial charge is 0.247 e. The minimum absolute atomic E-state index is 0.119. The molecule has 8 heteroatoms. The van der Waals surface area contributed by atoms with Crippen LogP contribution in [-0.4, -0.2) is 59.0 Å². The van der Waals surface area contributed by atoms with Gasteiger partial charge in [-0.3, -0.25) is 4.90 Å². The van der Waals surface area contributed by atoms with Crippen molar-refractivity contribution in [1.29, 1.82) is 0 Å². The number of rotatable bonds is 6. The maximum Gasteiger partial charge on any atom is 0.247 e. The Morgan fingerprint density at radius 2 is 2.00 bits per heavy atom. The lowest BCUT2D eigenvalue weighted by atomic mass is 10.3. The Labute approximate surface area is 156 Å². The van der Waals surface area contributed by atoms with Gasteiger partial charge in [0.1, 0.15) is 24.2 Å². The van der Waals surface area contributed by atoms with Crippen molar-refractivity contribution in [3.63, 3.8) is 0 Å². The van der Waals surface area contributed by atoms with Crippen LogP contribution in [0.2, 0.25) is 0 Å². The highest BCUT2D eigenvalue weighted by Gasteiger charge is 2.17. The first kappa shape index (κ1) is 17.7. The fourth-order valence-corrected chi connectivity index (χ4v) is 3.07. The molecule has 1 aromatic carbocycles. The van der Waals surface area contributed by atoms with E-state index in [1.54, 1.807) is 28.9 Å². The monoisotopic (exact) mass is 372 g/mol. The lowest BCUT2D eigenvalue weighted by molar-refractivity contribution is 0.0322. The van der Waals surface area contributed by atoms with E-state index in [0.717, 1.165) is 38.4 Å². The number of halogens is 1. The molecule has 1 aliphatic heterocycles. The predicted molar refractivity (Wildman–Crippen MR) is 97.0 cm³/mol. The van der Waals surface area contributed by atoms with Crippen molar-refractivity contribution in [2.24, 2.45) is 0 Å². The second kappa shape index (κ2) is 7.89. The van der Waals surface area contributed by atoms with Crippen molar-refractivity contribution in [3.8, 4) is 17.4 Å². The number of nitrogens with zero attached hydrogens (tertiary/aromatic N) is 4. The van der Waals surface area contributed by atoms with Crippen molar-refractivity contribution in [2.75, 3.05) is 39.5 Å². The lowest BCUT2D eigenvalue weighted by Crippen LogP contribution is -2.38. The number of fused-ring (bicyclic) bond motifs is 1. The summed E-state index contributed by atoms with van der Waals surface area (Å²) in [7, 11) is 0. The molecule has 1 saturated heterocycles. The number of aryl methyl sites for hydroxylation is 1. The summed E-state index contributed by atoms with van der Waals surface area (Å²) in [4.78, 5) is 6.48. The molecule has 0 saturated carbocycles. The van der Waals surface area contributed by atoms with Crippen molar-refractivity contribution in [1.82, 2.24) is 19.5 Å². The van der Waals surface area contributed by atoms with Gasteiger partial charge in [0.25, 0.3) is 0 Å². The molecule has 1 fully saturated rings. The quantitative estimate of drug-likeness (QED) is 0.663. The molecule has 0 amide bonds. The van der Waals surface area contributed by atoms with Gasteiger partial charge in [0.15, 0.2) is 11.6 Å². The third kappa shape index (κ3) is 3.86. The number of morpholine rings is 1. The van der Waals surface area contributed by atoms with Crippen LogP contribution >= 0.6 is 0 Å². The molecule has 27 heavy (non-hydrogen) atoms. The van der Waals surface area contributed by atoms with E-state index in [1.165, 1.54) is 12.4 Å². The standard InChI is InChI=1S/C19H21FN4O3/c1-14-17(26-11-8-23-6-9-25-10-7-23)12-24-18(14)19(21-13-22-24)27-16-5-3-2-4-15(16)20/h2-5,12-13H,6-11H2,1H3. The molecule has 7 nitrogen and oxygen atoms in total. The zero-order chi connectivity index (χ0) is 18.6. The number of para-hydroxylation sites is 1. The highest BCUT2D eigenvalue weighted by Crippen LogP contribution is 2.32. The molecule has 0 bridgehead atoms. The van der Waals surface area contributed by atoms with Gasteiger partial charge >= 0.3 is 0 Å². The molecule has 0 aliphatic carbocycles. The SMILES string of the molecule is Cc1c(OCCN2CCOCC2)cn2ncnc(Oc3ccccc3F)c12. The average Bonchev–Trinajstić information content (AvgIpc) is 3.01. The Balaban J connectivity index is 1.52. The van der Waals surface area contributed by atoms with E-state index >= 15 is 0 Å². The van der Waals surface area contributed by atoms with Crippen LogP contribution in [0.1, 0.15) is 5.56 Å². The van der Waals surface area contributed by atoms with E-state index in [-0.39, 0.29) is 11.6 Å². The zero-order valence-corrected chi connectivity index (χ0v) is 15.1. The van der Waals surface area contributed by atoms with Gasteiger partial charge in [0.2, 0.25) is 5.88 Å². The third-order valence-electron chi connectivity index (χ3n) is 4.56. The molecule has 4 rings (SSSR count). The van der Waals surface area contributed by atoms with Crippen LogP contribution in [-0.2, 0) is 4.74 Å². The van der Waals surface area contributed by atoms with E-state index < -0.39 is 5.82 Å². The Bertz CT molecular complexity index is 924. The Kier molecular flexibility index (Phi) is 5.17. The predicted octanol–water partition coefficient (Wildman–Crippen LogP) is 2.68. The van der Waals surface area contributed by atoms with Crippen LogP contribution in [0.25, 0.3) is 5.52 Å². The first-order chi connectivity index (χ1) is 13.2. The maximum atomic E-state index is 13.9. The summed E-state index contributed by atoms with van der Waals surface area (Å²) in [6.45, 7) is 6.69. The summed E-state index contributed by atoms with van der Waals surface area (Å²) in [6, 6.07) is 6.23. The largest absolute Gasteiger partial charge is 0.490 e. The van der Waals surface area contributed by atoms with Crippen molar-refractivity contribution in [3.05, 3.63) is 48.2 Å². The zero-order valence-electron chi connectivity index (χ0n) is 15.1. The Morgan fingerprint density at radius 1 is 1.19 bits per heavy atom. The van der Waals surface area contributed by atoms with E-state index in [4.69, 9.17) is 14.2 Å². The van der Waals surface area contributed by atoms with E-state index in [9.17, 15) is 4.39 Å². The number of benzene rings is 1. The van der Waals surface area contributed by atoms with Gasteiger partial charge in [-0.2, -0.15) is 10.1 Å². The number of aromatic nitrogens is 3. The molecular formula is C19H21FN4O3. The second-order valence-corrected chi connectivity index (χ2v) is 6.31. The fourth-order valence-electron chi connectivity index (χ4n) is 3.07. The third-order valence-corrected chi connectivity index (χ3v) is 4.56.